The maximum Gasteiger partial charge on any atom is 0.319 e. The van der Waals surface area contributed by atoms with E-state index in [-0.39, 0.29) is 17.6 Å². The summed E-state index contributed by atoms with van der Waals surface area (Å²) >= 11 is 0. The number of anilines is 1. The number of benzene rings is 1. The predicted molar refractivity (Wildman–Crippen MR) is 91.3 cm³/mol. The molecular weight excluding hydrogens is 306 g/mol. The zero-order valence-corrected chi connectivity index (χ0v) is 13.4. The smallest absolute Gasteiger partial charge is 0.319 e. The second-order valence-electron chi connectivity index (χ2n) is 6.20. The largest absolute Gasteiger partial charge is 0.336 e. The van der Waals surface area contributed by atoms with Crippen molar-refractivity contribution in [3.05, 3.63) is 52.2 Å². The zero-order valence-electron chi connectivity index (χ0n) is 13.4. The van der Waals surface area contributed by atoms with E-state index in [9.17, 15) is 9.59 Å². The molecule has 7 heteroatoms. The van der Waals surface area contributed by atoms with E-state index in [4.69, 9.17) is 0 Å². The minimum Gasteiger partial charge on any atom is -0.336 e. The number of nitrogens with one attached hydrogen (secondary N) is 3. The Balaban J connectivity index is 1.71. The fourth-order valence-electron chi connectivity index (χ4n) is 3.12. The molecule has 1 aliphatic rings. The lowest BCUT2D eigenvalue weighted by Crippen LogP contribution is -2.34. The Morgan fingerprint density at radius 1 is 1.38 bits per heavy atom. The Kier molecular flexibility index (Phi) is 3.16. The minimum atomic E-state index is -0.231. The Bertz CT molecular complexity index is 1020. The van der Waals surface area contributed by atoms with Crippen molar-refractivity contribution in [1.29, 1.82) is 0 Å². The fourth-order valence-corrected chi connectivity index (χ4v) is 3.12. The normalized spacial score (nSPS) is 12.3. The van der Waals surface area contributed by atoms with Crippen LogP contribution in [0, 0.1) is 0 Å². The molecule has 2 aromatic heterocycles. The monoisotopic (exact) mass is 323 g/mol. The molecule has 0 aliphatic heterocycles. The van der Waals surface area contributed by atoms with Crippen molar-refractivity contribution in [2.24, 2.45) is 0 Å². The summed E-state index contributed by atoms with van der Waals surface area (Å²) < 4.78 is 1.83. The lowest BCUT2D eigenvalue weighted by Gasteiger charge is -2.11. The molecule has 3 aromatic rings. The van der Waals surface area contributed by atoms with Gasteiger partial charge < -0.3 is 15.6 Å². The van der Waals surface area contributed by atoms with Crippen molar-refractivity contribution in [2.45, 2.75) is 26.3 Å². The van der Waals surface area contributed by atoms with Crippen molar-refractivity contribution >= 4 is 17.4 Å². The fraction of sp³-hybridized carbons (Fsp3) is 0.235. The van der Waals surface area contributed by atoms with Gasteiger partial charge in [0.25, 0.3) is 5.56 Å². The Morgan fingerprint density at radius 3 is 3.00 bits per heavy atom. The van der Waals surface area contributed by atoms with E-state index in [1.54, 1.807) is 12.4 Å². The molecule has 122 valence electrons. The van der Waals surface area contributed by atoms with Crippen molar-refractivity contribution in [2.75, 3.05) is 5.32 Å². The van der Waals surface area contributed by atoms with E-state index in [0.29, 0.717) is 12.1 Å². The van der Waals surface area contributed by atoms with E-state index >= 15 is 0 Å². The molecule has 0 atom stereocenters. The first-order valence-electron chi connectivity index (χ1n) is 7.82. The topological polar surface area (TPSA) is 91.3 Å². The van der Waals surface area contributed by atoms with Gasteiger partial charge in [-0.25, -0.2) is 9.78 Å². The summed E-state index contributed by atoms with van der Waals surface area (Å²) in [6.45, 7) is 3.82. The molecule has 7 nitrogen and oxygen atoms in total. The summed E-state index contributed by atoms with van der Waals surface area (Å²) in [6, 6.07) is 5.54. The van der Waals surface area contributed by atoms with Crippen molar-refractivity contribution in [3.8, 4) is 11.3 Å². The summed E-state index contributed by atoms with van der Waals surface area (Å²) in [5, 5.41) is 5.63. The summed E-state index contributed by atoms with van der Waals surface area (Å²) in [7, 11) is 0. The van der Waals surface area contributed by atoms with Crippen LogP contribution in [0.5, 0.6) is 0 Å². The predicted octanol–water partition coefficient (Wildman–Crippen LogP) is 2.12. The van der Waals surface area contributed by atoms with Gasteiger partial charge in [-0.2, -0.15) is 0 Å². The number of aromatic amines is 1. The number of fused-ring (bicyclic) bond motifs is 5. The standard InChI is InChI=1S/C17H17N5O2/c1-9(2)19-17(24)20-11-3-4-12-10(7-11)8-13-14(12)21-16(23)15-18-5-6-22(13)15/h3-7,9H,8H2,1-2H3,(H,21,23)(H2,19,20,24). The number of hydrogen-bond donors (Lipinski definition) is 3. The number of hydrogen-bond acceptors (Lipinski definition) is 3. The molecule has 2 heterocycles. The lowest BCUT2D eigenvalue weighted by atomic mass is 10.1. The van der Waals surface area contributed by atoms with Crippen LogP contribution in [-0.2, 0) is 6.42 Å². The van der Waals surface area contributed by atoms with Crippen LogP contribution in [0.15, 0.2) is 35.4 Å². The second kappa shape index (κ2) is 5.23. The van der Waals surface area contributed by atoms with Crippen LogP contribution in [0.2, 0.25) is 0 Å². The third kappa shape index (κ3) is 2.25. The average Bonchev–Trinajstić information content (AvgIpc) is 3.11. The number of imidazole rings is 1. The highest BCUT2D eigenvalue weighted by molar-refractivity contribution is 5.90. The van der Waals surface area contributed by atoms with Crippen LogP contribution in [0.4, 0.5) is 10.5 Å². The molecule has 0 saturated heterocycles. The Morgan fingerprint density at radius 2 is 2.21 bits per heavy atom. The number of nitrogens with zero attached hydrogens (tertiary/aromatic N) is 2. The number of carbonyl (C=O) groups is 1. The quantitative estimate of drug-likeness (QED) is 0.528. The number of amides is 2. The van der Waals surface area contributed by atoms with Crippen LogP contribution >= 0.6 is 0 Å². The minimum absolute atomic E-state index is 0.0725. The molecule has 0 unspecified atom stereocenters. The van der Waals surface area contributed by atoms with E-state index in [1.807, 2.05) is 36.4 Å². The zero-order chi connectivity index (χ0) is 16.8. The molecule has 1 aromatic carbocycles. The number of H-pyrrole nitrogens is 1. The van der Waals surface area contributed by atoms with Gasteiger partial charge in [0.15, 0.2) is 0 Å². The van der Waals surface area contributed by atoms with E-state index in [1.165, 1.54) is 0 Å². The third-order valence-corrected chi connectivity index (χ3v) is 4.07. The van der Waals surface area contributed by atoms with Crippen LogP contribution in [0.1, 0.15) is 25.1 Å². The van der Waals surface area contributed by atoms with Crippen molar-refractivity contribution in [3.63, 3.8) is 0 Å². The van der Waals surface area contributed by atoms with Gasteiger partial charge in [0.2, 0.25) is 5.65 Å². The second-order valence-corrected chi connectivity index (χ2v) is 6.20. The highest BCUT2D eigenvalue weighted by Gasteiger charge is 2.23. The Labute approximate surface area is 137 Å². The Hall–Kier alpha value is -3.09. The van der Waals surface area contributed by atoms with Crippen LogP contribution in [-0.4, -0.2) is 26.4 Å². The number of aromatic nitrogens is 3. The SMILES string of the molecule is CC(C)NC(=O)Nc1ccc2c(c1)Cc1c-2[nH]c(=O)c2nccn12. The van der Waals surface area contributed by atoms with Gasteiger partial charge in [-0.05, 0) is 31.5 Å². The summed E-state index contributed by atoms with van der Waals surface area (Å²) in [5.74, 6) is 0. The van der Waals surface area contributed by atoms with Gasteiger partial charge in [-0.15, -0.1) is 0 Å². The molecular formula is C17H17N5O2. The first kappa shape index (κ1) is 14.5. The maximum atomic E-state index is 12.1. The lowest BCUT2D eigenvalue weighted by molar-refractivity contribution is 0.250. The highest BCUT2D eigenvalue weighted by Crippen LogP contribution is 2.35. The summed E-state index contributed by atoms with van der Waals surface area (Å²) in [6.07, 6.45) is 4.09. The first-order valence-corrected chi connectivity index (χ1v) is 7.82. The molecule has 0 saturated carbocycles. The van der Waals surface area contributed by atoms with E-state index in [0.717, 1.165) is 28.2 Å². The van der Waals surface area contributed by atoms with Crippen LogP contribution in [0.3, 0.4) is 0 Å². The first-order chi connectivity index (χ1) is 11.5. The van der Waals surface area contributed by atoms with Gasteiger partial charge in [0.05, 0.1) is 11.4 Å². The average molecular weight is 323 g/mol. The molecule has 2 amide bonds. The van der Waals surface area contributed by atoms with Gasteiger partial charge >= 0.3 is 6.03 Å². The van der Waals surface area contributed by atoms with Crippen molar-refractivity contribution in [1.82, 2.24) is 19.7 Å². The van der Waals surface area contributed by atoms with Gasteiger partial charge in [-0.3, -0.25) is 9.20 Å². The number of urea groups is 1. The molecule has 3 N–H and O–H groups in total. The molecule has 0 bridgehead atoms. The number of rotatable bonds is 2. The van der Waals surface area contributed by atoms with E-state index in [2.05, 4.69) is 20.6 Å². The van der Waals surface area contributed by atoms with Crippen LogP contribution < -0.4 is 16.2 Å². The third-order valence-electron chi connectivity index (χ3n) is 4.07. The summed E-state index contributed by atoms with van der Waals surface area (Å²) in [4.78, 5) is 31.0. The van der Waals surface area contributed by atoms with Crippen LogP contribution in [0.25, 0.3) is 16.9 Å². The molecule has 1 aliphatic carbocycles. The molecule has 0 fully saturated rings. The molecule has 0 spiro atoms. The maximum absolute atomic E-state index is 12.1. The van der Waals surface area contributed by atoms with Gasteiger partial charge in [0.1, 0.15) is 0 Å². The molecule has 24 heavy (non-hydrogen) atoms. The van der Waals surface area contributed by atoms with Crippen molar-refractivity contribution < 1.29 is 4.79 Å². The van der Waals surface area contributed by atoms with E-state index < -0.39 is 0 Å². The highest BCUT2D eigenvalue weighted by atomic mass is 16.2. The van der Waals surface area contributed by atoms with Gasteiger partial charge in [0, 0.05) is 36.1 Å². The molecule has 0 radical (unpaired) electrons. The van der Waals surface area contributed by atoms with Gasteiger partial charge in [-0.1, -0.05) is 6.07 Å². The summed E-state index contributed by atoms with van der Waals surface area (Å²) in [5.41, 5.74) is 4.78. The number of carbonyl (C=O) groups excluding carboxylic acids is 1. The molecule has 4 rings (SSSR count).